The molecule has 0 spiro atoms. The highest BCUT2D eigenvalue weighted by molar-refractivity contribution is 6.30. The molecule has 0 heterocycles. The zero-order chi connectivity index (χ0) is 11.2. The summed E-state index contributed by atoms with van der Waals surface area (Å²) < 4.78 is 5.43. The van der Waals surface area contributed by atoms with E-state index in [4.69, 9.17) is 16.3 Å². The van der Waals surface area contributed by atoms with Crippen LogP contribution in [-0.2, 0) is 0 Å². The van der Waals surface area contributed by atoms with Crippen molar-refractivity contribution >= 4 is 17.7 Å². The summed E-state index contributed by atoms with van der Waals surface area (Å²) in [6.45, 7) is 0. The van der Waals surface area contributed by atoms with Crippen LogP contribution in [0.3, 0.4) is 0 Å². The lowest BCUT2D eigenvalue weighted by Gasteiger charge is -1.99. The van der Waals surface area contributed by atoms with Gasteiger partial charge >= 0.3 is 0 Å². The van der Waals surface area contributed by atoms with Crippen LogP contribution < -0.4 is 4.74 Å². The summed E-state index contributed by atoms with van der Waals surface area (Å²) in [6.07, 6.45) is 3.58. The molecule has 0 aliphatic heterocycles. The summed E-state index contributed by atoms with van der Waals surface area (Å²) in [4.78, 5) is 0. The van der Waals surface area contributed by atoms with E-state index >= 15 is 0 Å². The third-order valence-electron chi connectivity index (χ3n) is 2.08. The molecular weight excluding hydrogens is 220 g/mol. The molecule has 80 valence electrons. The van der Waals surface area contributed by atoms with E-state index in [9.17, 15) is 0 Å². The molecule has 1 nitrogen and oxygen atoms in total. The minimum Gasteiger partial charge on any atom is -0.465 e. The van der Waals surface area contributed by atoms with Crippen LogP contribution in [0.15, 0.2) is 60.9 Å². The van der Waals surface area contributed by atoms with E-state index in [0.29, 0.717) is 5.02 Å². The normalized spacial score (nSPS) is 10.6. The first kappa shape index (κ1) is 10.8. The third kappa shape index (κ3) is 3.14. The highest BCUT2D eigenvalue weighted by Crippen LogP contribution is 2.15. The molecule has 0 bridgehead atoms. The van der Waals surface area contributed by atoms with Crippen molar-refractivity contribution in [3.8, 4) is 5.75 Å². The summed E-state index contributed by atoms with van der Waals surface area (Å²) in [5, 5.41) is 0.708. The molecule has 0 radical (unpaired) electrons. The smallest absolute Gasteiger partial charge is 0.126 e. The highest BCUT2D eigenvalue weighted by Gasteiger charge is 1.90. The lowest BCUT2D eigenvalue weighted by molar-refractivity contribution is 0.485. The van der Waals surface area contributed by atoms with Gasteiger partial charge in [0.05, 0.1) is 6.26 Å². The highest BCUT2D eigenvalue weighted by atomic mass is 35.5. The van der Waals surface area contributed by atoms with Crippen LogP contribution in [0.25, 0.3) is 6.08 Å². The topological polar surface area (TPSA) is 9.23 Å². The molecule has 0 N–H and O–H groups in total. The Bertz CT molecular complexity index is 460. The van der Waals surface area contributed by atoms with Crippen molar-refractivity contribution in [3.63, 3.8) is 0 Å². The molecule has 0 unspecified atom stereocenters. The Morgan fingerprint density at radius 3 is 2.25 bits per heavy atom. The summed E-state index contributed by atoms with van der Waals surface area (Å²) in [5.74, 6) is 0.775. The van der Waals surface area contributed by atoms with Gasteiger partial charge in [-0.25, -0.2) is 0 Å². The van der Waals surface area contributed by atoms with Gasteiger partial charge in [0.1, 0.15) is 5.75 Å². The molecule has 2 rings (SSSR count). The zero-order valence-electron chi connectivity index (χ0n) is 8.64. The van der Waals surface area contributed by atoms with Gasteiger partial charge in [-0.05, 0) is 35.9 Å². The van der Waals surface area contributed by atoms with Gasteiger partial charge in [0, 0.05) is 5.02 Å². The lowest BCUT2D eigenvalue weighted by Crippen LogP contribution is -1.80. The average molecular weight is 231 g/mol. The Balaban J connectivity index is 1.97. The maximum absolute atomic E-state index is 5.77. The number of benzene rings is 2. The first-order valence-corrected chi connectivity index (χ1v) is 5.36. The molecule has 2 aromatic rings. The Morgan fingerprint density at radius 1 is 0.875 bits per heavy atom. The van der Waals surface area contributed by atoms with Crippen LogP contribution in [0, 0.1) is 0 Å². The zero-order valence-corrected chi connectivity index (χ0v) is 9.39. The van der Waals surface area contributed by atoms with Gasteiger partial charge in [0.25, 0.3) is 0 Å². The van der Waals surface area contributed by atoms with Crippen LogP contribution in [0.1, 0.15) is 5.56 Å². The first-order valence-electron chi connectivity index (χ1n) is 4.98. The maximum atomic E-state index is 5.77. The molecule has 0 aromatic heterocycles. The van der Waals surface area contributed by atoms with E-state index in [1.807, 2.05) is 48.5 Å². The van der Waals surface area contributed by atoms with Crippen molar-refractivity contribution in [1.29, 1.82) is 0 Å². The molecule has 2 aromatic carbocycles. The fourth-order valence-electron chi connectivity index (χ4n) is 1.27. The maximum Gasteiger partial charge on any atom is 0.126 e. The number of hydrogen-bond acceptors (Lipinski definition) is 1. The van der Waals surface area contributed by atoms with Crippen molar-refractivity contribution in [2.45, 2.75) is 0 Å². The standard InChI is InChI=1S/C14H11ClO/c15-13-6-8-14(9-7-13)16-11-10-12-4-2-1-3-5-12/h1-11H. The fraction of sp³-hybridized carbons (Fsp3) is 0. The third-order valence-corrected chi connectivity index (χ3v) is 2.33. The minimum absolute atomic E-state index is 0.708. The van der Waals surface area contributed by atoms with Gasteiger partial charge in [0.2, 0.25) is 0 Å². The van der Waals surface area contributed by atoms with Gasteiger partial charge in [-0.15, -0.1) is 0 Å². The van der Waals surface area contributed by atoms with Crippen LogP contribution in [0.4, 0.5) is 0 Å². The van der Waals surface area contributed by atoms with Crippen LogP contribution in [0.5, 0.6) is 5.75 Å². The monoisotopic (exact) mass is 230 g/mol. The Kier molecular flexibility index (Phi) is 3.62. The summed E-state index contributed by atoms with van der Waals surface area (Å²) in [7, 11) is 0. The molecule has 0 saturated carbocycles. The second kappa shape index (κ2) is 5.38. The van der Waals surface area contributed by atoms with Gasteiger partial charge < -0.3 is 4.74 Å². The van der Waals surface area contributed by atoms with E-state index in [0.717, 1.165) is 11.3 Å². The molecule has 0 saturated heterocycles. The Morgan fingerprint density at radius 2 is 1.56 bits per heavy atom. The second-order valence-corrected chi connectivity index (χ2v) is 3.72. The van der Waals surface area contributed by atoms with E-state index in [-0.39, 0.29) is 0 Å². The quantitative estimate of drug-likeness (QED) is 0.711. The summed E-state index contributed by atoms with van der Waals surface area (Å²) in [6, 6.07) is 17.3. The average Bonchev–Trinajstić information content (AvgIpc) is 2.33. The number of ether oxygens (including phenoxy) is 1. The van der Waals surface area contributed by atoms with Gasteiger partial charge in [-0.1, -0.05) is 41.9 Å². The van der Waals surface area contributed by atoms with Gasteiger partial charge in [-0.3, -0.25) is 0 Å². The van der Waals surface area contributed by atoms with Crippen LogP contribution in [-0.4, -0.2) is 0 Å². The Hall–Kier alpha value is -1.73. The van der Waals surface area contributed by atoms with Crippen LogP contribution >= 0.6 is 11.6 Å². The molecule has 0 amide bonds. The van der Waals surface area contributed by atoms with Crippen molar-refractivity contribution < 1.29 is 4.74 Å². The minimum atomic E-state index is 0.708. The Labute approximate surface area is 99.9 Å². The fourth-order valence-corrected chi connectivity index (χ4v) is 1.39. The summed E-state index contributed by atoms with van der Waals surface area (Å²) >= 11 is 5.77. The number of halogens is 1. The van der Waals surface area contributed by atoms with E-state index in [1.54, 1.807) is 18.4 Å². The molecule has 0 aliphatic rings. The van der Waals surface area contributed by atoms with Crippen molar-refractivity contribution in [3.05, 3.63) is 71.4 Å². The van der Waals surface area contributed by atoms with Crippen LogP contribution in [0.2, 0.25) is 5.02 Å². The number of hydrogen-bond donors (Lipinski definition) is 0. The van der Waals surface area contributed by atoms with Crippen molar-refractivity contribution in [2.75, 3.05) is 0 Å². The molecule has 0 fully saturated rings. The molecule has 0 aliphatic carbocycles. The molecular formula is C14H11ClO. The first-order chi connectivity index (χ1) is 7.84. The van der Waals surface area contributed by atoms with E-state index in [2.05, 4.69) is 0 Å². The predicted molar refractivity (Wildman–Crippen MR) is 67.6 cm³/mol. The predicted octanol–water partition coefficient (Wildman–Crippen LogP) is 4.39. The second-order valence-electron chi connectivity index (χ2n) is 3.29. The van der Waals surface area contributed by atoms with Crippen molar-refractivity contribution in [1.82, 2.24) is 0 Å². The lowest BCUT2D eigenvalue weighted by atomic mass is 10.2. The van der Waals surface area contributed by atoms with Crippen molar-refractivity contribution in [2.24, 2.45) is 0 Å². The largest absolute Gasteiger partial charge is 0.465 e. The van der Waals surface area contributed by atoms with Gasteiger partial charge in [0.15, 0.2) is 0 Å². The number of rotatable bonds is 3. The molecule has 2 heteroatoms. The van der Waals surface area contributed by atoms with E-state index < -0.39 is 0 Å². The SMILES string of the molecule is Clc1ccc(OC=Cc2ccccc2)cc1. The van der Waals surface area contributed by atoms with E-state index in [1.165, 1.54) is 0 Å². The summed E-state index contributed by atoms with van der Waals surface area (Å²) in [5.41, 5.74) is 1.11. The molecule has 0 atom stereocenters. The van der Waals surface area contributed by atoms with Gasteiger partial charge in [-0.2, -0.15) is 0 Å². The molecule has 16 heavy (non-hydrogen) atoms.